The fourth-order valence-electron chi connectivity index (χ4n) is 3.90. The Morgan fingerprint density at radius 3 is 2.32 bits per heavy atom. The largest absolute Gasteiger partial charge is 0.493 e. The molecule has 1 atom stereocenters. The number of aryl methyl sites for hydroxylation is 3. The normalized spacial score (nSPS) is 13.6. The molecule has 0 spiro atoms. The summed E-state index contributed by atoms with van der Waals surface area (Å²) in [5, 5.41) is 2.80. The minimum Gasteiger partial charge on any atom is -0.493 e. The highest BCUT2D eigenvalue weighted by Crippen LogP contribution is 2.37. The van der Waals surface area contributed by atoms with E-state index in [1.807, 2.05) is 25.1 Å². The van der Waals surface area contributed by atoms with Gasteiger partial charge in [-0.3, -0.25) is 0 Å². The van der Waals surface area contributed by atoms with E-state index in [2.05, 4.69) is 11.4 Å². The topological polar surface area (TPSA) is 66.0 Å². The van der Waals surface area contributed by atoms with E-state index in [-0.39, 0.29) is 32.2 Å². The van der Waals surface area contributed by atoms with Gasteiger partial charge in [0.05, 0.1) is 24.3 Å². The molecule has 6 nitrogen and oxygen atoms in total. The second kappa shape index (κ2) is 13.8. The minimum atomic E-state index is -4.57. The third-order valence-corrected chi connectivity index (χ3v) is 5.69. The van der Waals surface area contributed by atoms with Crippen LogP contribution in [0, 0.1) is 6.92 Å². The zero-order chi connectivity index (χ0) is 28.4. The highest BCUT2D eigenvalue weighted by atomic mass is 19.4. The summed E-state index contributed by atoms with van der Waals surface area (Å²) in [5.74, 6) is -0.191. The summed E-state index contributed by atoms with van der Waals surface area (Å²) in [4.78, 5) is 12.4. The number of carbonyl (C=O) groups excluding carboxylic acids is 1. The van der Waals surface area contributed by atoms with Gasteiger partial charge in [0, 0.05) is 7.11 Å². The number of alkyl halides is 3. The van der Waals surface area contributed by atoms with Crippen LogP contribution >= 0.6 is 0 Å². The highest BCUT2D eigenvalue weighted by molar-refractivity contribution is 5.68. The van der Waals surface area contributed by atoms with Crippen LogP contribution in [0.3, 0.4) is 0 Å². The van der Waals surface area contributed by atoms with E-state index in [4.69, 9.17) is 18.9 Å². The van der Waals surface area contributed by atoms with Gasteiger partial charge in [-0.25, -0.2) is 4.79 Å². The van der Waals surface area contributed by atoms with Gasteiger partial charge in [0.1, 0.15) is 18.1 Å². The number of benzene rings is 2. The van der Waals surface area contributed by atoms with Gasteiger partial charge < -0.3 is 24.3 Å². The molecule has 0 saturated carbocycles. The first kappa shape index (κ1) is 31.4. The molecule has 2 rings (SSSR count). The van der Waals surface area contributed by atoms with Crippen molar-refractivity contribution in [2.24, 2.45) is 0 Å². The highest BCUT2D eigenvalue weighted by Gasteiger charge is 2.35. The van der Waals surface area contributed by atoms with Gasteiger partial charge in [0.15, 0.2) is 0 Å². The van der Waals surface area contributed by atoms with Gasteiger partial charge in [-0.1, -0.05) is 35.9 Å². The number of hydrogen-bond donors (Lipinski definition) is 1. The first-order valence-electron chi connectivity index (χ1n) is 12.7. The zero-order valence-electron chi connectivity index (χ0n) is 23.2. The van der Waals surface area contributed by atoms with Crippen LogP contribution in [0.5, 0.6) is 5.75 Å². The minimum absolute atomic E-state index is 0.0136. The molecule has 0 fully saturated rings. The van der Waals surface area contributed by atoms with Crippen LogP contribution < -0.4 is 10.1 Å². The fraction of sp³-hybridized carbons (Fsp3) is 0.552. The van der Waals surface area contributed by atoms with Gasteiger partial charge >= 0.3 is 12.3 Å². The number of hydrogen-bond acceptors (Lipinski definition) is 5. The average molecular weight is 540 g/mol. The lowest BCUT2D eigenvalue weighted by Crippen LogP contribution is -2.51. The summed E-state index contributed by atoms with van der Waals surface area (Å²) in [6.07, 6.45) is -3.31. The molecule has 2 aromatic rings. The Balaban J connectivity index is 2.07. The Labute approximate surface area is 223 Å². The van der Waals surface area contributed by atoms with E-state index in [0.29, 0.717) is 18.4 Å². The number of rotatable bonds is 13. The van der Waals surface area contributed by atoms with Crippen LogP contribution in [0.2, 0.25) is 0 Å². The first-order chi connectivity index (χ1) is 17.7. The molecular weight excluding hydrogens is 499 g/mol. The van der Waals surface area contributed by atoms with Crippen LogP contribution in [0.4, 0.5) is 18.0 Å². The molecule has 0 aliphatic rings. The third kappa shape index (κ3) is 11.3. The summed E-state index contributed by atoms with van der Waals surface area (Å²) in [6.45, 7) is 9.27. The molecule has 0 bridgehead atoms. The Bertz CT molecular complexity index is 1040. The zero-order valence-corrected chi connectivity index (χ0v) is 23.2. The lowest BCUT2D eigenvalue weighted by molar-refractivity contribution is -0.139. The predicted octanol–water partition coefficient (Wildman–Crippen LogP) is 6.86. The van der Waals surface area contributed by atoms with Crippen molar-refractivity contribution in [1.29, 1.82) is 0 Å². The van der Waals surface area contributed by atoms with Crippen molar-refractivity contribution in [3.05, 3.63) is 64.7 Å². The summed E-state index contributed by atoms with van der Waals surface area (Å²) in [7, 11) is 1.48. The molecule has 0 aliphatic heterocycles. The number of amides is 1. The standard InChI is InChI=1S/C29H40F3NO5/c1-21-9-7-10-22(17-21)11-8-16-37-25-13-12-23(18-24(25)29(30,31)32)14-15-28(5,19-36-20-35-6)33-26(34)38-27(2,3)4/h7,9-10,12-13,17-18H,8,11,14-16,19-20H2,1-6H3,(H,33,34). The quantitative estimate of drug-likeness (QED) is 0.223. The van der Waals surface area contributed by atoms with Crippen molar-refractivity contribution in [2.45, 2.75) is 77.6 Å². The van der Waals surface area contributed by atoms with Crippen molar-refractivity contribution in [2.75, 3.05) is 27.1 Å². The molecule has 1 unspecified atom stereocenters. The number of nitrogens with one attached hydrogen (secondary N) is 1. The van der Waals surface area contributed by atoms with E-state index in [0.717, 1.165) is 23.6 Å². The molecule has 0 radical (unpaired) electrons. The van der Waals surface area contributed by atoms with Crippen molar-refractivity contribution in [3.63, 3.8) is 0 Å². The van der Waals surface area contributed by atoms with Gasteiger partial charge in [-0.15, -0.1) is 0 Å². The Morgan fingerprint density at radius 2 is 1.68 bits per heavy atom. The smallest absolute Gasteiger partial charge is 0.419 e. The van der Waals surface area contributed by atoms with E-state index in [1.54, 1.807) is 33.8 Å². The maximum atomic E-state index is 13.9. The number of methoxy groups -OCH3 is 1. The van der Waals surface area contributed by atoms with Gasteiger partial charge in [0.2, 0.25) is 0 Å². The molecule has 0 aliphatic carbocycles. The number of ether oxygens (including phenoxy) is 4. The summed E-state index contributed by atoms with van der Waals surface area (Å²) in [6, 6.07) is 12.1. The number of alkyl carbamates (subject to hydrolysis) is 1. The summed E-state index contributed by atoms with van der Waals surface area (Å²) in [5.41, 5.74) is 0.315. The Kier molecular flexibility index (Phi) is 11.5. The third-order valence-electron chi connectivity index (χ3n) is 5.69. The van der Waals surface area contributed by atoms with Crippen LogP contribution in [-0.4, -0.2) is 44.3 Å². The van der Waals surface area contributed by atoms with Gasteiger partial charge in [0.25, 0.3) is 0 Å². The second-order valence-corrected chi connectivity index (χ2v) is 10.7. The van der Waals surface area contributed by atoms with Gasteiger partial charge in [-0.2, -0.15) is 13.2 Å². The molecular formula is C29H40F3NO5. The predicted molar refractivity (Wildman–Crippen MR) is 140 cm³/mol. The first-order valence-corrected chi connectivity index (χ1v) is 12.7. The van der Waals surface area contributed by atoms with E-state index in [1.165, 1.54) is 13.2 Å². The van der Waals surface area contributed by atoms with Crippen molar-refractivity contribution >= 4 is 6.09 Å². The average Bonchev–Trinajstić information content (AvgIpc) is 2.79. The van der Waals surface area contributed by atoms with Gasteiger partial charge in [-0.05, 0) is 83.6 Å². The number of carbonyl (C=O) groups is 1. The fourth-order valence-corrected chi connectivity index (χ4v) is 3.90. The lowest BCUT2D eigenvalue weighted by Gasteiger charge is -2.32. The number of halogens is 3. The van der Waals surface area contributed by atoms with Crippen LogP contribution in [0.15, 0.2) is 42.5 Å². The second-order valence-electron chi connectivity index (χ2n) is 10.7. The maximum absolute atomic E-state index is 13.9. The van der Waals surface area contributed by atoms with Crippen LogP contribution in [-0.2, 0) is 33.2 Å². The Hall–Kier alpha value is -2.78. The molecule has 1 N–H and O–H groups in total. The van der Waals surface area contributed by atoms with E-state index < -0.39 is 29.0 Å². The van der Waals surface area contributed by atoms with E-state index in [9.17, 15) is 18.0 Å². The summed E-state index contributed by atoms with van der Waals surface area (Å²) < 4.78 is 62.9. The molecule has 2 aromatic carbocycles. The molecule has 9 heteroatoms. The molecule has 212 valence electrons. The molecule has 0 heterocycles. The SMILES string of the molecule is COCOCC(C)(CCc1ccc(OCCCc2cccc(C)c2)c(C(F)(F)F)c1)NC(=O)OC(C)(C)C. The molecule has 0 aromatic heterocycles. The monoisotopic (exact) mass is 539 g/mol. The van der Waals surface area contributed by atoms with Crippen molar-refractivity contribution in [3.8, 4) is 5.75 Å². The molecule has 38 heavy (non-hydrogen) atoms. The Morgan fingerprint density at radius 1 is 0.974 bits per heavy atom. The van der Waals surface area contributed by atoms with Crippen LogP contribution in [0.25, 0.3) is 0 Å². The van der Waals surface area contributed by atoms with Crippen molar-refractivity contribution in [1.82, 2.24) is 5.32 Å². The maximum Gasteiger partial charge on any atom is 0.419 e. The van der Waals surface area contributed by atoms with E-state index >= 15 is 0 Å². The van der Waals surface area contributed by atoms with Crippen LogP contribution in [0.1, 0.15) is 62.8 Å². The summed E-state index contributed by atoms with van der Waals surface area (Å²) >= 11 is 0. The molecule has 1 amide bonds. The van der Waals surface area contributed by atoms with Crippen molar-refractivity contribution < 1.29 is 36.9 Å². The molecule has 0 saturated heterocycles. The lowest BCUT2D eigenvalue weighted by atomic mass is 9.93.